The molecule has 4 aromatic rings. The molecular weight excluding hydrogens is 406 g/mol. The quantitative estimate of drug-likeness (QED) is 0.316. The predicted octanol–water partition coefficient (Wildman–Crippen LogP) is 7.15. The molecule has 0 aliphatic heterocycles. The van der Waals surface area contributed by atoms with Crippen molar-refractivity contribution in [1.82, 2.24) is 24.1 Å². The first-order chi connectivity index (χ1) is 15.3. The minimum absolute atomic E-state index is 0.0641. The summed E-state index contributed by atoms with van der Waals surface area (Å²) in [5, 5.41) is 0. The number of rotatable bonds is 6. The number of fused-ring (bicyclic) bond motifs is 2. The molecule has 0 aliphatic carbocycles. The third-order valence-electron chi connectivity index (χ3n) is 7.09. The van der Waals surface area contributed by atoms with Gasteiger partial charge in [-0.05, 0) is 63.6 Å². The van der Waals surface area contributed by atoms with Crippen LogP contribution in [0, 0.1) is 0 Å². The number of hydrogen-bond donors (Lipinski definition) is 0. The highest BCUT2D eigenvalue weighted by molar-refractivity contribution is 5.80. The molecule has 0 spiro atoms. The van der Waals surface area contributed by atoms with Gasteiger partial charge in [0.25, 0.3) is 0 Å². The lowest BCUT2D eigenvalue weighted by atomic mass is 9.79. The van der Waals surface area contributed by atoms with Crippen molar-refractivity contribution in [3.05, 3.63) is 54.4 Å². The number of pyridine rings is 1. The van der Waals surface area contributed by atoms with Gasteiger partial charge in [0.2, 0.25) is 0 Å². The number of benzene rings is 1. The molecule has 5 nitrogen and oxygen atoms in total. The molecule has 3 heterocycles. The van der Waals surface area contributed by atoms with Crippen LogP contribution >= 0.6 is 0 Å². The lowest BCUT2D eigenvalue weighted by Gasteiger charge is -2.33. The van der Waals surface area contributed by atoms with Crippen LogP contribution in [0.2, 0.25) is 0 Å². The van der Waals surface area contributed by atoms with Gasteiger partial charge in [0.1, 0.15) is 5.52 Å². The first kappa shape index (κ1) is 23.5. The maximum Gasteiger partial charge on any atom is 0.110 e. The highest BCUT2D eigenvalue weighted by Gasteiger charge is 2.31. The Balaban J connectivity index is 1.65. The largest absolute Gasteiger partial charge is 0.328 e. The van der Waals surface area contributed by atoms with E-state index in [1.54, 1.807) is 0 Å². The Labute approximate surface area is 198 Å². The third-order valence-corrected chi connectivity index (χ3v) is 7.09. The molecule has 0 aliphatic rings. The molecular formula is C28H39N5. The highest BCUT2D eigenvalue weighted by atomic mass is 15.1. The Hall–Kier alpha value is -2.69. The van der Waals surface area contributed by atoms with E-state index in [1.807, 2.05) is 18.9 Å². The van der Waals surface area contributed by atoms with E-state index in [2.05, 4.69) is 95.7 Å². The average molecular weight is 446 g/mol. The molecule has 5 heteroatoms. The Morgan fingerprint density at radius 2 is 1.48 bits per heavy atom. The summed E-state index contributed by atoms with van der Waals surface area (Å²) in [4.78, 5) is 14.4. The van der Waals surface area contributed by atoms with Gasteiger partial charge in [-0.3, -0.25) is 4.98 Å². The zero-order valence-corrected chi connectivity index (χ0v) is 21.8. The molecule has 0 unspecified atom stereocenters. The van der Waals surface area contributed by atoms with Gasteiger partial charge in [0, 0.05) is 23.2 Å². The van der Waals surface area contributed by atoms with Gasteiger partial charge in [0.05, 0.1) is 34.9 Å². The molecule has 0 bridgehead atoms. The van der Waals surface area contributed by atoms with E-state index in [4.69, 9.17) is 15.0 Å². The van der Waals surface area contributed by atoms with Crippen molar-refractivity contribution in [2.75, 3.05) is 0 Å². The fraction of sp³-hybridized carbons (Fsp3) is 0.536. The van der Waals surface area contributed by atoms with Gasteiger partial charge in [0.15, 0.2) is 0 Å². The predicted molar refractivity (Wildman–Crippen MR) is 138 cm³/mol. The smallest absolute Gasteiger partial charge is 0.110 e. The van der Waals surface area contributed by atoms with Crippen molar-refractivity contribution in [3.63, 3.8) is 0 Å². The summed E-state index contributed by atoms with van der Waals surface area (Å²) in [6, 6.07) is 9.02. The summed E-state index contributed by atoms with van der Waals surface area (Å²) >= 11 is 0. The first-order valence-electron chi connectivity index (χ1n) is 12.1. The highest BCUT2D eigenvalue weighted by Crippen LogP contribution is 2.37. The van der Waals surface area contributed by atoms with Crippen LogP contribution in [0.5, 0.6) is 0 Å². The lowest BCUT2D eigenvalue weighted by molar-refractivity contribution is 0.289. The van der Waals surface area contributed by atoms with E-state index in [0.29, 0.717) is 6.04 Å². The zero-order valence-electron chi connectivity index (χ0n) is 21.8. The van der Waals surface area contributed by atoms with Gasteiger partial charge >= 0.3 is 0 Å². The van der Waals surface area contributed by atoms with Gasteiger partial charge in [-0.25, -0.2) is 9.97 Å². The second-order valence-electron chi connectivity index (χ2n) is 12.0. The fourth-order valence-electron chi connectivity index (χ4n) is 4.85. The number of hydrogen-bond acceptors (Lipinski definition) is 3. The molecule has 0 N–H and O–H groups in total. The Kier molecular flexibility index (Phi) is 5.66. The minimum atomic E-state index is -0.0973. The molecule has 1 aromatic carbocycles. The summed E-state index contributed by atoms with van der Waals surface area (Å²) in [7, 11) is 0. The van der Waals surface area contributed by atoms with Crippen LogP contribution in [0.15, 0.2) is 43.1 Å². The monoisotopic (exact) mass is 445 g/mol. The van der Waals surface area contributed by atoms with Gasteiger partial charge in [-0.15, -0.1) is 0 Å². The zero-order chi connectivity index (χ0) is 24.2. The summed E-state index contributed by atoms with van der Waals surface area (Å²) in [5.74, 6) is 0. The molecule has 0 amide bonds. The minimum Gasteiger partial charge on any atom is -0.328 e. The Morgan fingerprint density at radius 1 is 0.788 bits per heavy atom. The summed E-state index contributed by atoms with van der Waals surface area (Å²) in [6.45, 7) is 20.4. The molecule has 4 rings (SSSR count). The topological polar surface area (TPSA) is 48.5 Å². The van der Waals surface area contributed by atoms with Crippen LogP contribution in [-0.4, -0.2) is 24.1 Å². The molecule has 0 atom stereocenters. The number of imidazole rings is 2. The number of nitrogens with zero attached hydrogens (tertiary/aromatic N) is 5. The van der Waals surface area contributed by atoms with E-state index in [0.717, 1.165) is 35.1 Å². The summed E-state index contributed by atoms with van der Waals surface area (Å²) < 4.78 is 4.58. The fourth-order valence-corrected chi connectivity index (χ4v) is 4.85. The van der Waals surface area contributed by atoms with Crippen LogP contribution in [0.3, 0.4) is 0 Å². The van der Waals surface area contributed by atoms with Crippen molar-refractivity contribution in [1.29, 1.82) is 0 Å². The molecule has 0 fully saturated rings. The lowest BCUT2D eigenvalue weighted by Crippen LogP contribution is -2.30. The van der Waals surface area contributed by atoms with Crippen molar-refractivity contribution >= 4 is 22.1 Å². The molecule has 0 radical (unpaired) electrons. The maximum atomic E-state index is 4.85. The molecule has 0 saturated heterocycles. The van der Waals surface area contributed by atoms with Crippen molar-refractivity contribution in [2.24, 2.45) is 0 Å². The summed E-state index contributed by atoms with van der Waals surface area (Å²) in [5.41, 5.74) is 6.79. The van der Waals surface area contributed by atoms with E-state index in [1.165, 1.54) is 11.1 Å². The van der Waals surface area contributed by atoms with Crippen molar-refractivity contribution in [2.45, 2.75) is 97.6 Å². The van der Waals surface area contributed by atoms with E-state index >= 15 is 0 Å². The normalized spacial score (nSPS) is 13.5. The molecule has 3 aromatic heterocycles. The van der Waals surface area contributed by atoms with Crippen LogP contribution < -0.4 is 0 Å². The Morgan fingerprint density at radius 3 is 2.15 bits per heavy atom. The van der Waals surface area contributed by atoms with Crippen molar-refractivity contribution in [3.8, 4) is 0 Å². The van der Waals surface area contributed by atoms with Crippen LogP contribution in [0.25, 0.3) is 22.1 Å². The summed E-state index contributed by atoms with van der Waals surface area (Å²) in [6.07, 6.45) is 7.91. The van der Waals surface area contributed by atoms with Gasteiger partial charge in [-0.2, -0.15) is 0 Å². The average Bonchev–Trinajstić information content (AvgIpc) is 3.36. The standard InChI is InChI=1S/C28H39N5/c1-19(2)32-17-30-24-21(32)13-16-29-25(24)27(6,7)14-15-28(8,9)33-18-31-23-20(26(3,4)5)11-10-12-22(23)33/h10-13,16-19H,14-15H2,1-9H3. The first-order valence-corrected chi connectivity index (χ1v) is 12.1. The second-order valence-corrected chi connectivity index (χ2v) is 12.0. The van der Waals surface area contributed by atoms with E-state index in [-0.39, 0.29) is 16.4 Å². The van der Waals surface area contributed by atoms with Crippen LogP contribution in [0.1, 0.15) is 92.5 Å². The SMILES string of the molecule is CC(C)n1cnc2c(C(C)(C)CCC(C)(C)n3cnc4c(C(C)(C)C)cccc43)nccc21. The molecule has 176 valence electrons. The second kappa shape index (κ2) is 7.96. The van der Waals surface area contributed by atoms with E-state index < -0.39 is 0 Å². The Bertz CT molecular complexity index is 1280. The van der Waals surface area contributed by atoms with Crippen LogP contribution in [0.4, 0.5) is 0 Å². The third kappa shape index (κ3) is 4.18. The molecule has 33 heavy (non-hydrogen) atoms. The van der Waals surface area contributed by atoms with E-state index in [9.17, 15) is 0 Å². The van der Waals surface area contributed by atoms with Gasteiger partial charge < -0.3 is 9.13 Å². The van der Waals surface area contributed by atoms with Crippen molar-refractivity contribution < 1.29 is 0 Å². The number of aromatic nitrogens is 5. The van der Waals surface area contributed by atoms with Gasteiger partial charge in [-0.1, -0.05) is 46.8 Å². The maximum absolute atomic E-state index is 4.85. The van der Waals surface area contributed by atoms with Crippen LogP contribution in [-0.2, 0) is 16.4 Å². The molecule has 0 saturated carbocycles. The number of para-hydroxylation sites is 1.